The Morgan fingerprint density at radius 1 is 1.00 bits per heavy atom. The summed E-state index contributed by atoms with van der Waals surface area (Å²) in [7, 11) is 0. The van der Waals surface area contributed by atoms with E-state index < -0.39 is 5.97 Å². The lowest BCUT2D eigenvalue weighted by Gasteiger charge is -2.11. The third kappa shape index (κ3) is 5.97. The van der Waals surface area contributed by atoms with Gasteiger partial charge in [0.05, 0.1) is 6.61 Å². The first-order chi connectivity index (χ1) is 12.0. The molecule has 0 amide bonds. The number of carbonyl (C=O) groups is 2. The maximum atomic E-state index is 12.4. The molecule has 2 rings (SSSR count). The second kappa shape index (κ2) is 9.73. The lowest BCUT2D eigenvalue weighted by molar-refractivity contribution is 0.0470. The van der Waals surface area contributed by atoms with Gasteiger partial charge >= 0.3 is 5.97 Å². The van der Waals surface area contributed by atoms with Gasteiger partial charge in [-0.05, 0) is 36.8 Å². The zero-order chi connectivity index (χ0) is 18.2. The first kappa shape index (κ1) is 19.7. The second-order valence-corrected chi connectivity index (χ2v) is 7.18. The Morgan fingerprint density at radius 2 is 1.68 bits per heavy atom. The number of benzene rings is 2. The quantitative estimate of drug-likeness (QED) is 0.294. The zero-order valence-electron chi connectivity index (χ0n) is 13.8. The van der Waals surface area contributed by atoms with Crippen molar-refractivity contribution in [2.75, 3.05) is 13.2 Å². The van der Waals surface area contributed by atoms with Crippen molar-refractivity contribution in [3.63, 3.8) is 0 Å². The highest BCUT2D eigenvalue weighted by molar-refractivity contribution is 9.10. The van der Waals surface area contributed by atoms with Crippen LogP contribution in [0.4, 0.5) is 0 Å². The van der Waals surface area contributed by atoms with Crippen molar-refractivity contribution in [3.05, 3.63) is 62.5 Å². The van der Waals surface area contributed by atoms with Crippen molar-refractivity contribution in [3.8, 4) is 5.75 Å². The van der Waals surface area contributed by atoms with Gasteiger partial charge in [0.25, 0.3) is 0 Å². The number of Topliss-reactive ketones (excluding diaryl/α,β-unsaturated/α-hetero) is 1. The number of rotatable bonds is 8. The second-order valence-electron chi connectivity index (χ2n) is 5.35. The number of halogens is 2. The Balaban J connectivity index is 2.03. The van der Waals surface area contributed by atoms with Gasteiger partial charge in [0.2, 0.25) is 0 Å². The summed E-state index contributed by atoms with van der Waals surface area (Å²) < 4.78 is 12.4. The summed E-state index contributed by atoms with van der Waals surface area (Å²) in [6.07, 6.45) is 1.89. The number of ether oxygens (including phenoxy) is 2. The first-order valence-electron chi connectivity index (χ1n) is 7.89. The van der Waals surface area contributed by atoms with E-state index in [-0.39, 0.29) is 12.4 Å². The van der Waals surface area contributed by atoms with Crippen molar-refractivity contribution >= 4 is 43.6 Å². The molecule has 2 aromatic carbocycles. The summed E-state index contributed by atoms with van der Waals surface area (Å²) >= 11 is 6.65. The highest BCUT2D eigenvalue weighted by Gasteiger charge is 2.17. The van der Waals surface area contributed by atoms with Gasteiger partial charge in [0.15, 0.2) is 12.4 Å². The number of hydrogen-bond donors (Lipinski definition) is 0. The smallest absolute Gasteiger partial charge is 0.342 e. The van der Waals surface area contributed by atoms with E-state index in [4.69, 9.17) is 9.47 Å². The van der Waals surface area contributed by atoms with E-state index in [2.05, 4.69) is 38.8 Å². The van der Waals surface area contributed by atoms with Crippen LogP contribution >= 0.6 is 31.9 Å². The van der Waals surface area contributed by atoms with Crippen LogP contribution in [-0.4, -0.2) is 25.0 Å². The van der Waals surface area contributed by atoms with Crippen molar-refractivity contribution in [1.82, 2.24) is 0 Å². The number of carbonyl (C=O) groups excluding carboxylic acids is 2. The van der Waals surface area contributed by atoms with Crippen LogP contribution in [0.5, 0.6) is 5.75 Å². The molecule has 0 saturated heterocycles. The van der Waals surface area contributed by atoms with E-state index in [1.54, 1.807) is 42.5 Å². The van der Waals surface area contributed by atoms with Crippen molar-refractivity contribution in [2.45, 2.75) is 19.8 Å². The van der Waals surface area contributed by atoms with Crippen LogP contribution in [0.25, 0.3) is 0 Å². The zero-order valence-corrected chi connectivity index (χ0v) is 16.9. The van der Waals surface area contributed by atoms with Crippen LogP contribution in [0.1, 0.15) is 40.5 Å². The van der Waals surface area contributed by atoms with Gasteiger partial charge in [0.1, 0.15) is 11.3 Å². The molecule has 0 aliphatic rings. The minimum absolute atomic E-state index is 0.260. The lowest BCUT2D eigenvalue weighted by Crippen LogP contribution is -2.15. The highest BCUT2D eigenvalue weighted by Crippen LogP contribution is 2.24. The van der Waals surface area contributed by atoms with E-state index in [1.165, 1.54) is 0 Å². The molecule has 0 saturated carbocycles. The number of esters is 1. The van der Waals surface area contributed by atoms with Crippen LogP contribution in [0.3, 0.4) is 0 Å². The fourth-order valence-electron chi connectivity index (χ4n) is 2.04. The molecule has 0 radical (unpaired) electrons. The normalized spacial score (nSPS) is 10.4. The van der Waals surface area contributed by atoms with Gasteiger partial charge in [-0.15, -0.1) is 0 Å². The fourth-order valence-corrected chi connectivity index (χ4v) is 2.67. The van der Waals surface area contributed by atoms with Crippen LogP contribution in [0, 0.1) is 0 Å². The molecular weight excluding hydrogens is 452 g/mol. The van der Waals surface area contributed by atoms with Crippen LogP contribution in [-0.2, 0) is 4.74 Å². The molecule has 0 N–H and O–H groups in total. The van der Waals surface area contributed by atoms with Gasteiger partial charge in [-0.25, -0.2) is 4.79 Å². The Labute approximate surface area is 163 Å². The molecule has 0 aromatic heterocycles. The molecule has 132 valence electrons. The molecule has 0 fully saturated rings. The highest BCUT2D eigenvalue weighted by atomic mass is 79.9. The lowest BCUT2D eigenvalue weighted by atomic mass is 10.1. The molecular formula is C19H18Br2O4. The molecule has 0 aliphatic carbocycles. The SMILES string of the molecule is CCCCOc1ccc(Br)cc1C(=O)OCC(=O)c1ccc(Br)cc1. The molecule has 0 spiro atoms. The summed E-state index contributed by atoms with van der Waals surface area (Å²) in [6, 6.07) is 12.0. The number of ketones is 1. The van der Waals surface area contributed by atoms with E-state index >= 15 is 0 Å². The summed E-state index contributed by atoms with van der Waals surface area (Å²) in [4.78, 5) is 24.5. The molecule has 0 aliphatic heterocycles. The largest absolute Gasteiger partial charge is 0.493 e. The number of hydrogen-bond acceptors (Lipinski definition) is 4. The summed E-state index contributed by atoms with van der Waals surface area (Å²) in [5.41, 5.74) is 0.791. The molecule has 2 aromatic rings. The standard InChI is InChI=1S/C19H18Br2O4/c1-2-3-10-24-18-9-8-15(21)11-16(18)19(23)25-12-17(22)13-4-6-14(20)7-5-13/h4-9,11H,2-3,10,12H2,1H3. The Morgan fingerprint density at radius 3 is 2.36 bits per heavy atom. The van der Waals surface area contributed by atoms with Crippen LogP contribution < -0.4 is 4.74 Å². The Kier molecular flexibility index (Phi) is 7.65. The molecule has 0 heterocycles. The average Bonchev–Trinajstić information content (AvgIpc) is 2.61. The molecule has 0 bridgehead atoms. The van der Waals surface area contributed by atoms with Crippen molar-refractivity contribution in [2.24, 2.45) is 0 Å². The van der Waals surface area contributed by atoms with E-state index in [1.807, 2.05) is 0 Å². The molecule has 6 heteroatoms. The van der Waals surface area contributed by atoms with Gasteiger partial charge in [-0.3, -0.25) is 4.79 Å². The van der Waals surface area contributed by atoms with Gasteiger partial charge < -0.3 is 9.47 Å². The number of unbranched alkanes of at least 4 members (excludes halogenated alkanes) is 1. The monoisotopic (exact) mass is 468 g/mol. The van der Waals surface area contributed by atoms with Gasteiger partial charge in [-0.1, -0.05) is 57.3 Å². The predicted octanol–water partition coefficient (Wildman–Crippen LogP) is 5.43. The molecule has 25 heavy (non-hydrogen) atoms. The van der Waals surface area contributed by atoms with Crippen molar-refractivity contribution < 1.29 is 19.1 Å². The first-order valence-corrected chi connectivity index (χ1v) is 9.48. The topological polar surface area (TPSA) is 52.6 Å². The third-order valence-corrected chi connectivity index (χ3v) is 4.44. The maximum absolute atomic E-state index is 12.4. The molecule has 0 unspecified atom stereocenters. The summed E-state index contributed by atoms with van der Waals surface area (Å²) in [5.74, 6) is -0.389. The van der Waals surface area contributed by atoms with E-state index in [9.17, 15) is 9.59 Å². The predicted molar refractivity (Wildman–Crippen MR) is 103 cm³/mol. The third-order valence-electron chi connectivity index (χ3n) is 3.42. The van der Waals surface area contributed by atoms with Crippen LogP contribution in [0.2, 0.25) is 0 Å². The van der Waals surface area contributed by atoms with Gasteiger partial charge in [0, 0.05) is 14.5 Å². The van der Waals surface area contributed by atoms with Gasteiger partial charge in [-0.2, -0.15) is 0 Å². The average molecular weight is 470 g/mol. The minimum Gasteiger partial charge on any atom is -0.493 e. The summed E-state index contributed by atoms with van der Waals surface area (Å²) in [5, 5.41) is 0. The molecule has 4 nitrogen and oxygen atoms in total. The minimum atomic E-state index is -0.585. The van der Waals surface area contributed by atoms with Crippen molar-refractivity contribution in [1.29, 1.82) is 0 Å². The van der Waals surface area contributed by atoms with E-state index in [0.717, 1.165) is 21.8 Å². The summed E-state index contributed by atoms with van der Waals surface area (Å²) in [6.45, 7) is 2.27. The Hall–Kier alpha value is -1.66. The van der Waals surface area contributed by atoms with E-state index in [0.29, 0.717) is 23.5 Å². The Bertz CT molecular complexity index is 742. The fraction of sp³-hybridized carbons (Fsp3) is 0.263. The van der Waals surface area contributed by atoms with Crippen LogP contribution in [0.15, 0.2) is 51.4 Å². The maximum Gasteiger partial charge on any atom is 0.342 e. The molecule has 0 atom stereocenters.